The molecule has 0 radical (unpaired) electrons. The molecule has 0 heteroatoms. The molecule has 0 atom stereocenters. The summed E-state index contributed by atoms with van der Waals surface area (Å²) in [5, 5.41) is 0. The van der Waals surface area contributed by atoms with Gasteiger partial charge in [-0.25, -0.2) is 0 Å². The van der Waals surface area contributed by atoms with E-state index in [1.54, 1.807) is 0 Å². The molecule has 0 saturated carbocycles. The molecule has 0 aliphatic carbocycles. The van der Waals surface area contributed by atoms with E-state index in [-0.39, 0.29) is 0 Å². The average molecular weight is 202 g/mol. The van der Waals surface area contributed by atoms with Gasteiger partial charge in [0, 0.05) is 0 Å². The first-order valence-corrected chi connectivity index (χ1v) is 5.38. The van der Waals surface area contributed by atoms with Crippen molar-refractivity contribution in [2.24, 2.45) is 0 Å². The maximum absolute atomic E-state index is 3.84. The van der Waals surface area contributed by atoms with Crippen molar-refractivity contribution < 1.29 is 0 Å². The molecular formula is C15H22. The second-order valence-corrected chi connectivity index (χ2v) is 3.69. The molecule has 82 valence electrons. The van der Waals surface area contributed by atoms with E-state index in [1.807, 2.05) is 12.2 Å². The minimum atomic E-state index is 1.07. The van der Waals surface area contributed by atoms with Crippen molar-refractivity contribution in [3.8, 4) is 0 Å². The van der Waals surface area contributed by atoms with Gasteiger partial charge in [-0.05, 0) is 43.9 Å². The Balaban J connectivity index is 5.13. The summed E-state index contributed by atoms with van der Waals surface area (Å²) in [4.78, 5) is 0. The summed E-state index contributed by atoms with van der Waals surface area (Å²) in [5.74, 6) is 0. The van der Waals surface area contributed by atoms with Crippen molar-refractivity contribution in [1.29, 1.82) is 0 Å². The lowest BCUT2D eigenvalue weighted by Crippen LogP contribution is -1.86. The Kier molecular flexibility index (Phi) is 6.44. The van der Waals surface area contributed by atoms with Gasteiger partial charge in [0.25, 0.3) is 0 Å². The van der Waals surface area contributed by atoms with Crippen LogP contribution in [0.2, 0.25) is 0 Å². The van der Waals surface area contributed by atoms with Crippen LogP contribution in [0.1, 0.15) is 34.1 Å². The number of hydrogen-bond acceptors (Lipinski definition) is 0. The number of allylic oxidation sites excluding steroid dienone is 8. The summed E-state index contributed by atoms with van der Waals surface area (Å²) in [6.45, 7) is 16.0. The van der Waals surface area contributed by atoms with E-state index >= 15 is 0 Å². The zero-order chi connectivity index (χ0) is 11.8. The van der Waals surface area contributed by atoms with Crippen LogP contribution in [0.3, 0.4) is 0 Å². The third-order valence-corrected chi connectivity index (χ3v) is 2.33. The van der Waals surface area contributed by atoms with Gasteiger partial charge in [-0.2, -0.15) is 0 Å². The van der Waals surface area contributed by atoms with Crippen LogP contribution >= 0.6 is 0 Å². The topological polar surface area (TPSA) is 0 Å². The molecule has 0 nitrogen and oxygen atoms in total. The zero-order valence-electron chi connectivity index (χ0n) is 10.4. The Morgan fingerprint density at radius 3 is 2.07 bits per heavy atom. The van der Waals surface area contributed by atoms with Gasteiger partial charge in [-0.3, -0.25) is 0 Å². The van der Waals surface area contributed by atoms with Gasteiger partial charge in [-0.15, -0.1) is 0 Å². The third kappa shape index (κ3) is 4.64. The number of rotatable bonds is 5. The fraction of sp³-hybridized carbons (Fsp3) is 0.333. The van der Waals surface area contributed by atoms with Crippen LogP contribution in [0.25, 0.3) is 0 Å². The van der Waals surface area contributed by atoms with Crippen LogP contribution in [0, 0.1) is 0 Å². The van der Waals surface area contributed by atoms with Gasteiger partial charge in [0.15, 0.2) is 0 Å². The molecular weight excluding hydrogens is 180 g/mol. The average Bonchev–Trinajstić information content (AvgIpc) is 2.18. The highest BCUT2D eigenvalue weighted by Gasteiger charge is 1.98. The molecule has 0 bridgehead atoms. The summed E-state index contributed by atoms with van der Waals surface area (Å²) >= 11 is 0. The first-order valence-electron chi connectivity index (χ1n) is 5.38. The van der Waals surface area contributed by atoms with Crippen molar-refractivity contribution in [1.82, 2.24) is 0 Å². The van der Waals surface area contributed by atoms with Crippen LogP contribution < -0.4 is 0 Å². The lowest BCUT2D eigenvalue weighted by molar-refractivity contribution is 1.19. The smallest absolute Gasteiger partial charge is 0.0204 e. The molecule has 0 fully saturated rings. The highest BCUT2D eigenvalue weighted by Crippen LogP contribution is 2.18. The fourth-order valence-electron chi connectivity index (χ4n) is 1.54. The van der Waals surface area contributed by atoms with Crippen LogP contribution in [0.5, 0.6) is 0 Å². The fourth-order valence-corrected chi connectivity index (χ4v) is 1.54. The Morgan fingerprint density at radius 1 is 1.07 bits per heavy atom. The van der Waals surface area contributed by atoms with Gasteiger partial charge in [-0.1, -0.05) is 50.0 Å². The minimum absolute atomic E-state index is 1.07. The predicted molar refractivity (Wildman–Crippen MR) is 70.9 cm³/mol. The van der Waals surface area contributed by atoms with Crippen LogP contribution in [-0.2, 0) is 0 Å². The van der Waals surface area contributed by atoms with Crippen molar-refractivity contribution in [3.05, 3.63) is 59.8 Å². The molecule has 0 spiro atoms. The first-order chi connectivity index (χ1) is 7.06. The molecule has 0 N–H and O–H groups in total. The number of hydrogen-bond donors (Lipinski definition) is 0. The normalized spacial score (nSPS) is 14.7. The second-order valence-electron chi connectivity index (χ2n) is 3.69. The molecule has 0 amide bonds. The highest BCUT2D eigenvalue weighted by atomic mass is 14.0. The quantitative estimate of drug-likeness (QED) is 0.552. The summed E-state index contributed by atoms with van der Waals surface area (Å²) in [7, 11) is 0. The minimum Gasteiger partial charge on any atom is -0.0988 e. The first kappa shape index (κ1) is 13.7. The van der Waals surface area contributed by atoms with Crippen molar-refractivity contribution in [3.63, 3.8) is 0 Å². The maximum Gasteiger partial charge on any atom is -0.0204 e. The molecule has 0 aliphatic heterocycles. The van der Waals surface area contributed by atoms with Gasteiger partial charge in [0.05, 0.1) is 0 Å². The molecule has 0 aromatic heterocycles. The molecule has 0 rings (SSSR count). The van der Waals surface area contributed by atoms with Gasteiger partial charge in [0.2, 0.25) is 0 Å². The molecule has 0 saturated heterocycles. The van der Waals surface area contributed by atoms with Crippen molar-refractivity contribution in [2.45, 2.75) is 34.1 Å². The monoisotopic (exact) mass is 202 g/mol. The predicted octanol–water partition coefficient (Wildman–Crippen LogP) is 4.98. The largest absolute Gasteiger partial charge is 0.0988 e. The van der Waals surface area contributed by atoms with Gasteiger partial charge >= 0.3 is 0 Å². The molecule has 0 heterocycles. The molecule has 0 aromatic carbocycles. The Bertz CT molecular complexity index is 322. The van der Waals surface area contributed by atoms with Gasteiger partial charge in [0.1, 0.15) is 0 Å². The summed E-state index contributed by atoms with van der Waals surface area (Å²) in [6, 6.07) is 0. The van der Waals surface area contributed by atoms with E-state index in [9.17, 15) is 0 Å². The van der Waals surface area contributed by atoms with Crippen LogP contribution in [0.15, 0.2) is 59.8 Å². The summed E-state index contributed by atoms with van der Waals surface area (Å²) in [5.41, 5.74) is 4.88. The maximum atomic E-state index is 3.84. The van der Waals surface area contributed by atoms with Crippen LogP contribution in [-0.4, -0.2) is 0 Å². The Morgan fingerprint density at radius 2 is 1.67 bits per heavy atom. The highest BCUT2D eigenvalue weighted by molar-refractivity contribution is 5.46. The molecule has 15 heavy (non-hydrogen) atoms. The molecule has 0 aliphatic rings. The third-order valence-electron chi connectivity index (χ3n) is 2.33. The molecule has 0 unspecified atom stereocenters. The SMILES string of the molecule is C=C/C(C)=C(C=C)/C(C)=C/C(C)=C\CC. The van der Waals surface area contributed by atoms with E-state index in [0.29, 0.717) is 0 Å². The van der Waals surface area contributed by atoms with Gasteiger partial charge < -0.3 is 0 Å². The van der Waals surface area contributed by atoms with Crippen LogP contribution in [0.4, 0.5) is 0 Å². The van der Waals surface area contributed by atoms with E-state index in [2.05, 4.69) is 53.0 Å². The van der Waals surface area contributed by atoms with E-state index in [1.165, 1.54) is 22.3 Å². The second kappa shape index (κ2) is 7.05. The molecule has 0 aromatic rings. The van der Waals surface area contributed by atoms with E-state index in [0.717, 1.165) is 6.42 Å². The Labute approximate surface area is 94.4 Å². The lowest BCUT2D eigenvalue weighted by Gasteiger charge is -2.06. The summed E-state index contributed by atoms with van der Waals surface area (Å²) < 4.78 is 0. The standard InChI is InChI=1S/C15H22/c1-7-10-12(4)11-14(6)15(9-3)13(5)8-2/h8-11H,2-3,7H2,1,4-6H3/b12-10-,14-11+,15-13+. The van der Waals surface area contributed by atoms with Crippen molar-refractivity contribution >= 4 is 0 Å². The van der Waals surface area contributed by atoms with Crippen molar-refractivity contribution in [2.75, 3.05) is 0 Å². The van der Waals surface area contributed by atoms with E-state index < -0.39 is 0 Å². The Hall–Kier alpha value is -1.30. The lowest BCUT2D eigenvalue weighted by atomic mass is 10.00. The van der Waals surface area contributed by atoms with E-state index in [4.69, 9.17) is 0 Å². The summed E-state index contributed by atoms with van der Waals surface area (Å²) in [6.07, 6.45) is 9.24. The zero-order valence-corrected chi connectivity index (χ0v) is 10.4.